The van der Waals surface area contributed by atoms with Gasteiger partial charge in [0.05, 0.1) is 18.4 Å². The average Bonchev–Trinajstić information content (AvgIpc) is 3.55. The Morgan fingerprint density at radius 3 is 2.23 bits per heavy atom. The molecule has 1 aliphatic carbocycles. The first-order chi connectivity index (χ1) is 21.2. The Bertz CT molecular complexity index is 1510. The minimum atomic E-state index is -1.35. The van der Waals surface area contributed by atoms with Gasteiger partial charge in [0.2, 0.25) is 5.91 Å². The number of carbonyl (C=O) groups excluding carboxylic acids is 3. The number of nitrogens with one attached hydrogen (secondary N) is 1. The highest BCUT2D eigenvalue weighted by molar-refractivity contribution is 5.99. The first-order valence-electron chi connectivity index (χ1n) is 15.2. The molecule has 2 aliphatic rings. The lowest BCUT2D eigenvalue weighted by atomic mass is 9.83. The van der Waals surface area contributed by atoms with Gasteiger partial charge in [-0.05, 0) is 61.4 Å². The monoisotopic (exact) mass is 599 g/mol. The molecule has 0 aromatic heterocycles. The van der Waals surface area contributed by atoms with Crippen LogP contribution in [0.4, 0.5) is 4.39 Å². The van der Waals surface area contributed by atoms with Gasteiger partial charge < -0.3 is 20.2 Å². The molecule has 230 valence electrons. The lowest BCUT2D eigenvalue weighted by Gasteiger charge is -2.45. The summed E-state index contributed by atoms with van der Waals surface area (Å²) < 4.78 is 14.2. The zero-order valence-corrected chi connectivity index (χ0v) is 24.8. The Labute approximate surface area is 256 Å². The van der Waals surface area contributed by atoms with Crippen molar-refractivity contribution in [3.05, 3.63) is 107 Å². The fourth-order valence-electron chi connectivity index (χ4n) is 6.64. The van der Waals surface area contributed by atoms with Gasteiger partial charge in [0.1, 0.15) is 5.82 Å². The third kappa shape index (κ3) is 6.98. The maximum absolute atomic E-state index is 14.6. The van der Waals surface area contributed by atoms with Crippen molar-refractivity contribution in [3.63, 3.8) is 0 Å². The van der Waals surface area contributed by atoms with Crippen molar-refractivity contribution in [1.82, 2.24) is 15.1 Å². The van der Waals surface area contributed by atoms with Crippen molar-refractivity contribution >= 4 is 23.7 Å². The van der Waals surface area contributed by atoms with Gasteiger partial charge in [-0.1, -0.05) is 79.1 Å². The first kappa shape index (κ1) is 30.9. The average molecular weight is 600 g/mol. The molecule has 44 heavy (non-hydrogen) atoms. The topological polar surface area (TPSA) is 107 Å². The van der Waals surface area contributed by atoms with Crippen LogP contribution < -0.4 is 5.32 Å². The van der Waals surface area contributed by atoms with Crippen LogP contribution >= 0.6 is 0 Å². The molecule has 3 unspecified atom stereocenters. The number of aryl methyl sites for hydroxylation is 1. The third-order valence-corrected chi connectivity index (χ3v) is 8.67. The number of nitrogens with zero attached hydrogens (tertiary/aromatic N) is 2. The highest BCUT2D eigenvalue weighted by Crippen LogP contribution is 2.39. The lowest BCUT2D eigenvalue weighted by Crippen LogP contribution is -2.64. The van der Waals surface area contributed by atoms with Crippen molar-refractivity contribution in [3.8, 4) is 0 Å². The number of hydrogen-bond acceptors (Lipinski definition) is 4. The molecule has 0 bridgehead atoms. The molecule has 1 heterocycles. The minimum Gasteiger partial charge on any atom is -0.481 e. The van der Waals surface area contributed by atoms with E-state index in [-0.39, 0.29) is 36.9 Å². The second kappa shape index (κ2) is 13.8. The highest BCUT2D eigenvalue weighted by atomic mass is 19.1. The number of halogens is 1. The summed E-state index contributed by atoms with van der Waals surface area (Å²) >= 11 is 0. The number of aliphatic carboxylic acids is 1. The molecule has 1 saturated heterocycles. The molecule has 0 radical (unpaired) electrons. The van der Waals surface area contributed by atoms with Crippen LogP contribution in [0.15, 0.2) is 78.9 Å². The summed E-state index contributed by atoms with van der Waals surface area (Å²) in [6, 6.07) is 21.1. The highest BCUT2D eigenvalue weighted by Gasteiger charge is 2.45. The van der Waals surface area contributed by atoms with Crippen LogP contribution in [-0.2, 0) is 14.4 Å². The van der Waals surface area contributed by atoms with Crippen LogP contribution in [-0.4, -0.2) is 57.9 Å². The normalized spacial score (nSPS) is 18.5. The number of benzene rings is 3. The molecular weight excluding hydrogens is 561 g/mol. The molecule has 3 aromatic rings. The van der Waals surface area contributed by atoms with Gasteiger partial charge in [-0.15, -0.1) is 0 Å². The van der Waals surface area contributed by atoms with Crippen LogP contribution in [0.2, 0.25) is 0 Å². The zero-order valence-electron chi connectivity index (χ0n) is 24.8. The van der Waals surface area contributed by atoms with Crippen molar-refractivity contribution in [2.45, 2.75) is 63.6 Å². The summed E-state index contributed by atoms with van der Waals surface area (Å²) in [5.74, 6) is -3.58. The summed E-state index contributed by atoms with van der Waals surface area (Å²) in [6.45, 7) is 2.29. The Balaban J connectivity index is 1.54. The molecule has 8 nitrogen and oxygen atoms in total. The smallest absolute Gasteiger partial charge is 0.305 e. The summed E-state index contributed by atoms with van der Waals surface area (Å²) in [5, 5.41) is 12.6. The van der Waals surface area contributed by atoms with Crippen LogP contribution in [0.3, 0.4) is 0 Å². The summed E-state index contributed by atoms with van der Waals surface area (Å²) in [6.07, 6.45) is 2.50. The second-order valence-electron chi connectivity index (χ2n) is 11.8. The van der Waals surface area contributed by atoms with E-state index < -0.39 is 41.7 Å². The summed E-state index contributed by atoms with van der Waals surface area (Å²) in [4.78, 5) is 57.4. The number of carbonyl (C=O) groups is 4. The van der Waals surface area contributed by atoms with Gasteiger partial charge in [-0.25, -0.2) is 4.39 Å². The second-order valence-corrected chi connectivity index (χ2v) is 11.8. The standard InChI is InChI=1S/C35H38FN3O5/c1-23-10-7-15-26(20-23)29(22-30(40)41)37-32(42)33-38(34(43)27-16-8-17-28(36)21-27)18-9-19-39(33)35(44)31(25-13-5-6-14-25)24-11-3-2-4-12-24/h2-4,7-8,10-12,15-17,20-21,25,29,31,33H,5-6,9,13-14,18-19,22H2,1H3,(H,37,42)(H,40,41). The van der Waals surface area contributed by atoms with Gasteiger partial charge in [0.25, 0.3) is 11.8 Å². The predicted molar refractivity (Wildman–Crippen MR) is 163 cm³/mol. The van der Waals surface area contributed by atoms with Gasteiger partial charge in [-0.3, -0.25) is 19.2 Å². The van der Waals surface area contributed by atoms with Crippen molar-refractivity contribution in [1.29, 1.82) is 0 Å². The molecule has 2 N–H and O–H groups in total. The quantitative estimate of drug-likeness (QED) is 0.341. The first-order valence-corrected chi connectivity index (χ1v) is 15.2. The minimum absolute atomic E-state index is 0.0632. The molecule has 2 fully saturated rings. The Morgan fingerprint density at radius 1 is 0.864 bits per heavy atom. The predicted octanol–water partition coefficient (Wildman–Crippen LogP) is 5.44. The Hall–Kier alpha value is -4.53. The van der Waals surface area contributed by atoms with Crippen LogP contribution in [0, 0.1) is 18.7 Å². The maximum atomic E-state index is 14.6. The molecule has 3 atom stereocenters. The van der Waals surface area contributed by atoms with E-state index in [0.717, 1.165) is 42.9 Å². The van der Waals surface area contributed by atoms with E-state index in [1.165, 1.54) is 28.0 Å². The fourth-order valence-corrected chi connectivity index (χ4v) is 6.64. The molecule has 9 heteroatoms. The Kier molecular flexibility index (Phi) is 9.72. The lowest BCUT2D eigenvalue weighted by molar-refractivity contribution is -0.152. The van der Waals surface area contributed by atoms with E-state index in [2.05, 4.69) is 5.32 Å². The number of rotatable bonds is 9. The fraction of sp³-hybridized carbons (Fsp3) is 0.371. The van der Waals surface area contributed by atoms with E-state index in [9.17, 15) is 28.7 Å². The van der Waals surface area contributed by atoms with E-state index >= 15 is 0 Å². The van der Waals surface area contributed by atoms with Gasteiger partial charge in [-0.2, -0.15) is 0 Å². The van der Waals surface area contributed by atoms with E-state index in [1.807, 2.05) is 43.3 Å². The number of carboxylic acid groups (broad SMARTS) is 1. The summed E-state index contributed by atoms with van der Waals surface area (Å²) in [7, 11) is 0. The largest absolute Gasteiger partial charge is 0.481 e. The number of amides is 3. The van der Waals surface area contributed by atoms with Crippen molar-refractivity contribution < 1.29 is 28.7 Å². The van der Waals surface area contributed by atoms with E-state index in [1.54, 1.807) is 18.2 Å². The van der Waals surface area contributed by atoms with Crippen LogP contribution in [0.1, 0.15) is 77.5 Å². The number of hydrogen-bond donors (Lipinski definition) is 2. The third-order valence-electron chi connectivity index (χ3n) is 8.67. The number of carboxylic acids is 1. The van der Waals surface area contributed by atoms with Crippen molar-refractivity contribution in [2.24, 2.45) is 5.92 Å². The zero-order chi connectivity index (χ0) is 31.2. The van der Waals surface area contributed by atoms with Crippen molar-refractivity contribution in [2.75, 3.05) is 13.1 Å². The molecule has 1 saturated carbocycles. The molecule has 3 aromatic carbocycles. The maximum Gasteiger partial charge on any atom is 0.305 e. The molecule has 5 rings (SSSR count). The van der Waals surface area contributed by atoms with Gasteiger partial charge in [0.15, 0.2) is 6.17 Å². The summed E-state index contributed by atoms with van der Waals surface area (Å²) in [5.41, 5.74) is 2.42. The SMILES string of the molecule is Cc1cccc(C(CC(=O)O)NC(=O)C2N(C(=O)c3cccc(F)c3)CCCN2C(=O)C(c2ccccc2)C2CCCC2)c1. The van der Waals surface area contributed by atoms with Gasteiger partial charge >= 0.3 is 5.97 Å². The Morgan fingerprint density at radius 2 is 1.55 bits per heavy atom. The van der Waals surface area contributed by atoms with Gasteiger partial charge in [0, 0.05) is 18.7 Å². The molecule has 3 amide bonds. The van der Waals surface area contributed by atoms with E-state index in [0.29, 0.717) is 12.0 Å². The van der Waals surface area contributed by atoms with Crippen LogP contribution in [0.5, 0.6) is 0 Å². The van der Waals surface area contributed by atoms with Crippen LogP contribution in [0.25, 0.3) is 0 Å². The molecule has 0 spiro atoms. The molecular formula is C35H38FN3O5. The van der Waals surface area contributed by atoms with E-state index in [4.69, 9.17) is 0 Å². The molecule has 1 aliphatic heterocycles.